The molecule has 1 rings (SSSR count). The zero-order valence-electron chi connectivity index (χ0n) is 8.26. The number of carboxylic acids is 2. The third-order valence-electron chi connectivity index (χ3n) is 1.85. The molecule has 16 heavy (non-hydrogen) atoms. The summed E-state index contributed by atoms with van der Waals surface area (Å²) in [6.07, 6.45) is 0. The zero-order chi connectivity index (χ0) is 12.1. The van der Waals surface area contributed by atoms with Crippen LogP contribution in [0.2, 0.25) is 0 Å². The molecule has 0 aromatic heterocycles. The van der Waals surface area contributed by atoms with Crippen LogP contribution in [0, 0.1) is 5.82 Å². The van der Waals surface area contributed by atoms with E-state index in [2.05, 4.69) is 0 Å². The predicted molar refractivity (Wildman–Crippen MR) is 53.9 cm³/mol. The van der Waals surface area contributed by atoms with Crippen molar-refractivity contribution < 1.29 is 24.2 Å². The van der Waals surface area contributed by atoms with Gasteiger partial charge in [0.15, 0.2) is 0 Å². The number of rotatable bonds is 5. The smallest absolute Gasteiger partial charge is 0.323 e. The molecule has 0 aliphatic rings. The molecule has 0 heterocycles. The van der Waals surface area contributed by atoms with Crippen LogP contribution in [0.3, 0.4) is 0 Å². The van der Waals surface area contributed by atoms with E-state index in [1.807, 2.05) is 0 Å². The van der Waals surface area contributed by atoms with Crippen LogP contribution in [-0.2, 0) is 9.59 Å². The number of halogens is 1. The zero-order valence-corrected chi connectivity index (χ0v) is 8.26. The van der Waals surface area contributed by atoms with Gasteiger partial charge in [-0.2, -0.15) is 0 Å². The molecule has 0 amide bonds. The van der Waals surface area contributed by atoms with Crippen molar-refractivity contribution in [3.05, 3.63) is 30.1 Å². The van der Waals surface area contributed by atoms with Gasteiger partial charge in [-0.1, -0.05) is 12.1 Å². The molecule has 0 bridgehead atoms. The molecule has 0 aliphatic carbocycles. The molecule has 0 saturated heterocycles. The number of nitrogens with zero attached hydrogens (tertiary/aromatic N) is 1. The van der Waals surface area contributed by atoms with E-state index >= 15 is 0 Å². The van der Waals surface area contributed by atoms with Crippen molar-refractivity contribution in [2.75, 3.05) is 18.0 Å². The molecule has 1 aromatic carbocycles. The first-order chi connectivity index (χ1) is 7.50. The highest BCUT2D eigenvalue weighted by atomic mass is 19.1. The van der Waals surface area contributed by atoms with Crippen molar-refractivity contribution in [3.63, 3.8) is 0 Å². The van der Waals surface area contributed by atoms with Gasteiger partial charge in [0.05, 0.1) is 5.69 Å². The summed E-state index contributed by atoms with van der Waals surface area (Å²) in [5.74, 6) is -3.08. The number of carbonyl (C=O) groups is 2. The molecule has 0 aliphatic heterocycles. The number of para-hydroxylation sites is 1. The maximum atomic E-state index is 13.3. The van der Waals surface area contributed by atoms with E-state index in [0.29, 0.717) is 0 Å². The average Bonchev–Trinajstić information content (AvgIpc) is 2.15. The summed E-state index contributed by atoms with van der Waals surface area (Å²) in [7, 11) is 0. The number of aliphatic carboxylic acids is 2. The Morgan fingerprint density at radius 1 is 1.12 bits per heavy atom. The van der Waals surface area contributed by atoms with Crippen molar-refractivity contribution in [2.45, 2.75) is 0 Å². The Labute approximate surface area is 90.7 Å². The van der Waals surface area contributed by atoms with Gasteiger partial charge >= 0.3 is 11.9 Å². The van der Waals surface area contributed by atoms with E-state index in [4.69, 9.17) is 10.2 Å². The highest BCUT2D eigenvalue weighted by Gasteiger charge is 2.16. The van der Waals surface area contributed by atoms with Crippen LogP contribution in [0.1, 0.15) is 0 Å². The van der Waals surface area contributed by atoms with Crippen LogP contribution in [0.25, 0.3) is 0 Å². The Balaban J connectivity index is 2.96. The van der Waals surface area contributed by atoms with Gasteiger partial charge in [0.25, 0.3) is 0 Å². The van der Waals surface area contributed by atoms with Crippen molar-refractivity contribution >= 4 is 17.6 Å². The second kappa shape index (κ2) is 5.11. The first-order valence-corrected chi connectivity index (χ1v) is 4.43. The molecule has 0 unspecified atom stereocenters. The second-order valence-corrected chi connectivity index (χ2v) is 3.09. The molecule has 0 spiro atoms. The highest BCUT2D eigenvalue weighted by molar-refractivity contribution is 5.79. The Morgan fingerprint density at radius 3 is 2.06 bits per heavy atom. The van der Waals surface area contributed by atoms with Gasteiger partial charge in [-0.05, 0) is 12.1 Å². The van der Waals surface area contributed by atoms with Crippen molar-refractivity contribution in [3.8, 4) is 0 Å². The van der Waals surface area contributed by atoms with Gasteiger partial charge < -0.3 is 15.1 Å². The number of benzene rings is 1. The molecule has 0 fully saturated rings. The monoisotopic (exact) mass is 227 g/mol. The molecular formula is C10H10FNO4. The fourth-order valence-corrected chi connectivity index (χ4v) is 1.26. The minimum absolute atomic E-state index is 0.0349. The molecule has 5 nitrogen and oxygen atoms in total. The van der Waals surface area contributed by atoms with E-state index < -0.39 is 30.8 Å². The SMILES string of the molecule is O=C(O)CN(CC(=O)O)c1ccccc1F. The molecule has 6 heteroatoms. The summed E-state index contributed by atoms with van der Waals surface area (Å²) >= 11 is 0. The summed E-state index contributed by atoms with van der Waals surface area (Å²) in [6, 6.07) is 5.43. The van der Waals surface area contributed by atoms with Crippen molar-refractivity contribution in [1.82, 2.24) is 0 Å². The Kier molecular flexibility index (Phi) is 3.82. The summed E-state index contributed by atoms with van der Waals surface area (Å²) in [6.45, 7) is -1.12. The first kappa shape index (κ1) is 12.0. The van der Waals surface area contributed by atoms with Gasteiger partial charge in [-0.15, -0.1) is 0 Å². The van der Waals surface area contributed by atoms with Crippen LogP contribution < -0.4 is 4.90 Å². The molecule has 0 saturated carbocycles. The largest absolute Gasteiger partial charge is 0.480 e. The number of hydrogen-bond acceptors (Lipinski definition) is 3. The van der Waals surface area contributed by atoms with E-state index in [0.717, 1.165) is 11.0 Å². The summed E-state index contributed by atoms with van der Waals surface area (Å²) < 4.78 is 13.3. The van der Waals surface area contributed by atoms with E-state index in [1.165, 1.54) is 18.2 Å². The highest BCUT2D eigenvalue weighted by Crippen LogP contribution is 2.17. The van der Waals surface area contributed by atoms with Gasteiger partial charge in [-0.3, -0.25) is 9.59 Å². The lowest BCUT2D eigenvalue weighted by atomic mass is 10.2. The van der Waals surface area contributed by atoms with Crippen molar-refractivity contribution in [1.29, 1.82) is 0 Å². The first-order valence-electron chi connectivity index (χ1n) is 4.43. The maximum absolute atomic E-state index is 13.3. The lowest BCUT2D eigenvalue weighted by Gasteiger charge is -2.20. The maximum Gasteiger partial charge on any atom is 0.323 e. The topological polar surface area (TPSA) is 77.8 Å². The third-order valence-corrected chi connectivity index (χ3v) is 1.85. The third kappa shape index (κ3) is 3.23. The average molecular weight is 227 g/mol. The van der Waals surface area contributed by atoms with E-state index in [9.17, 15) is 14.0 Å². The minimum Gasteiger partial charge on any atom is -0.480 e. The molecule has 2 N–H and O–H groups in total. The van der Waals surface area contributed by atoms with Gasteiger partial charge in [0, 0.05) is 0 Å². The van der Waals surface area contributed by atoms with Crippen LogP contribution >= 0.6 is 0 Å². The second-order valence-electron chi connectivity index (χ2n) is 3.09. The lowest BCUT2D eigenvalue weighted by molar-refractivity contribution is -0.136. The summed E-state index contributed by atoms with van der Waals surface area (Å²) in [4.78, 5) is 22.0. The van der Waals surface area contributed by atoms with Crippen LogP contribution in [0.4, 0.5) is 10.1 Å². The molecule has 0 radical (unpaired) electrons. The quantitative estimate of drug-likeness (QED) is 0.778. The normalized spacial score (nSPS) is 9.81. The minimum atomic E-state index is -1.22. The van der Waals surface area contributed by atoms with Crippen LogP contribution in [0.15, 0.2) is 24.3 Å². The molecule has 0 atom stereocenters. The fraction of sp³-hybridized carbons (Fsp3) is 0.200. The number of hydrogen-bond donors (Lipinski definition) is 2. The number of anilines is 1. The number of carboxylic acid groups (broad SMARTS) is 2. The van der Waals surface area contributed by atoms with Gasteiger partial charge in [-0.25, -0.2) is 4.39 Å². The summed E-state index contributed by atoms with van der Waals surface area (Å²) in [5.41, 5.74) is -0.0349. The standard InChI is InChI=1S/C10H10FNO4/c11-7-3-1-2-4-8(7)12(5-9(13)14)6-10(15)16/h1-4H,5-6H2,(H,13,14)(H,15,16). The van der Waals surface area contributed by atoms with Gasteiger partial charge in [0.2, 0.25) is 0 Å². The molecule has 1 aromatic rings. The predicted octanol–water partition coefficient (Wildman–Crippen LogP) is 0.801. The van der Waals surface area contributed by atoms with E-state index in [-0.39, 0.29) is 5.69 Å². The van der Waals surface area contributed by atoms with Crippen molar-refractivity contribution in [2.24, 2.45) is 0 Å². The summed E-state index contributed by atoms with van der Waals surface area (Å²) in [5, 5.41) is 17.2. The van der Waals surface area contributed by atoms with Gasteiger partial charge in [0.1, 0.15) is 18.9 Å². The van der Waals surface area contributed by atoms with Crippen LogP contribution in [0.5, 0.6) is 0 Å². The Morgan fingerprint density at radius 2 is 1.62 bits per heavy atom. The van der Waals surface area contributed by atoms with Crippen LogP contribution in [-0.4, -0.2) is 35.2 Å². The molecule has 86 valence electrons. The fourth-order valence-electron chi connectivity index (χ4n) is 1.26. The van der Waals surface area contributed by atoms with E-state index in [1.54, 1.807) is 0 Å². The lowest BCUT2D eigenvalue weighted by Crippen LogP contribution is -2.35. The molecular weight excluding hydrogens is 217 g/mol. The Hall–Kier alpha value is -2.11. The Bertz CT molecular complexity index is 392.